The van der Waals surface area contributed by atoms with E-state index in [4.69, 9.17) is 26.9 Å². The third kappa shape index (κ3) is 6.28. The van der Waals surface area contributed by atoms with E-state index in [1.54, 1.807) is 0 Å². The summed E-state index contributed by atoms with van der Waals surface area (Å²) in [6.45, 7) is 0.643. The highest BCUT2D eigenvalue weighted by Gasteiger charge is 2.36. The average molecular weight is 321 g/mol. The molecule has 0 bridgehead atoms. The van der Waals surface area contributed by atoms with Crippen LogP contribution in [0.3, 0.4) is 0 Å². The monoisotopic (exact) mass is 321 g/mol. The third-order valence-electron chi connectivity index (χ3n) is 3.51. The van der Waals surface area contributed by atoms with E-state index in [2.05, 4.69) is 4.72 Å². The normalized spacial score (nSPS) is 23.4. The smallest absolute Gasteiger partial charge is 0.427 e. The summed E-state index contributed by atoms with van der Waals surface area (Å²) < 4.78 is 27.8. The van der Waals surface area contributed by atoms with Crippen molar-refractivity contribution >= 4 is 23.2 Å². The second kappa shape index (κ2) is 8.06. The molecule has 0 amide bonds. The van der Waals surface area contributed by atoms with Crippen LogP contribution in [0.1, 0.15) is 19.3 Å². The van der Waals surface area contributed by atoms with Crippen molar-refractivity contribution in [1.29, 1.82) is 5.41 Å². The van der Waals surface area contributed by atoms with Crippen LogP contribution >= 0.6 is 0 Å². The summed E-state index contributed by atoms with van der Waals surface area (Å²) in [6, 6.07) is -0.259. The molecule has 1 aliphatic heterocycles. The predicted molar refractivity (Wildman–Crippen MR) is 80.7 cm³/mol. The van der Waals surface area contributed by atoms with Crippen LogP contribution in [0.15, 0.2) is 0 Å². The lowest BCUT2D eigenvalue weighted by molar-refractivity contribution is 0.390. The van der Waals surface area contributed by atoms with Crippen LogP contribution in [0, 0.1) is 11.3 Å². The lowest BCUT2D eigenvalue weighted by Gasteiger charge is -2.16. The van der Waals surface area contributed by atoms with E-state index in [9.17, 15) is 8.42 Å². The molecule has 0 aromatic rings. The molecular weight excluding hydrogens is 297 g/mol. The molecule has 0 unspecified atom stereocenters. The van der Waals surface area contributed by atoms with Crippen LogP contribution in [0.5, 0.6) is 0 Å². The minimum Gasteiger partial charge on any atom is -0.427 e. The van der Waals surface area contributed by atoms with E-state index in [1.165, 1.54) is 4.31 Å². The summed E-state index contributed by atoms with van der Waals surface area (Å²) in [5, 5.41) is 24.6. The summed E-state index contributed by atoms with van der Waals surface area (Å²) >= 11 is 0. The van der Waals surface area contributed by atoms with Crippen molar-refractivity contribution < 1.29 is 18.5 Å². The van der Waals surface area contributed by atoms with Gasteiger partial charge in [0.15, 0.2) is 0 Å². The third-order valence-corrected chi connectivity index (χ3v) is 5.06. The summed E-state index contributed by atoms with van der Waals surface area (Å²) in [6.07, 6.45) is 1.66. The van der Waals surface area contributed by atoms with Gasteiger partial charge in [0.2, 0.25) is 0 Å². The van der Waals surface area contributed by atoms with Gasteiger partial charge in [-0.05, 0) is 18.7 Å². The fourth-order valence-corrected chi connectivity index (χ4v) is 3.62. The van der Waals surface area contributed by atoms with Crippen LogP contribution < -0.4 is 16.2 Å². The molecular formula is C10H24BN5O4S. The van der Waals surface area contributed by atoms with Crippen molar-refractivity contribution in [3.63, 3.8) is 0 Å². The minimum atomic E-state index is -3.61. The van der Waals surface area contributed by atoms with Crippen molar-refractivity contribution in [2.75, 3.05) is 19.6 Å². The maximum atomic E-state index is 12.1. The van der Waals surface area contributed by atoms with Gasteiger partial charge in [0, 0.05) is 32.1 Å². The summed E-state index contributed by atoms with van der Waals surface area (Å²) in [7, 11) is -4.95. The number of amidine groups is 1. The van der Waals surface area contributed by atoms with E-state index >= 15 is 0 Å². The molecule has 9 nitrogen and oxygen atoms in total. The first-order valence-electron chi connectivity index (χ1n) is 6.91. The zero-order valence-electron chi connectivity index (χ0n) is 11.9. The Kier molecular flexibility index (Phi) is 7.04. The van der Waals surface area contributed by atoms with Crippen LogP contribution in [0.2, 0.25) is 6.32 Å². The molecule has 0 saturated carbocycles. The predicted octanol–water partition coefficient (Wildman–Crippen LogP) is -2.34. The quantitative estimate of drug-likeness (QED) is 0.158. The van der Waals surface area contributed by atoms with Gasteiger partial charge in [0.1, 0.15) is 0 Å². The number of rotatable bonds is 9. The molecule has 0 aromatic carbocycles. The lowest BCUT2D eigenvalue weighted by atomic mass is 9.82. The first kappa shape index (κ1) is 18.3. The van der Waals surface area contributed by atoms with Crippen LogP contribution in [-0.4, -0.2) is 61.4 Å². The molecule has 1 heterocycles. The first-order chi connectivity index (χ1) is 9.72. The molecule has 0 spiro atoms. The van der Waals surface area contributed by atoms with Gasteiger partial charge in [-0.15, -0.1) is 0 Å². The Morgan fingerprint density at radius 1 is 1.43 bits per heavy atom. The number of hydrogen-bond donors (Lipinski definition) is 6. The molecule has 1 saturated heterocycles. The van der Waals surface area contributed by atoms with Crippen LogP contribution in [0.25, 0.3) is 0 Å². The van der Waals surface area contributed by atoms with E-state index < -0.39 is 17.3 Å². The van der Waals surface area contributed by atoms with Gasteiger partial charge >= 0.3 is 7.12 Å². The maximum Gasteiger partial charge on any atom is 0.451 e. The van der Waals surface area contributed by atoms with Gasteiger partial charge in [-0.2, -0.15) is 12.7 Å². The molecule has 11 heteroatoms. The first-order valence-corrected chi connectivity index (χ1v) is 8.35. The van der Waals surface area contributed by atoms with Gasteiger partial charge in [-0.25, -0.2) is 4.72 Å². The fourth-order valence-electron chi connectivity index (χ4n) is 2.33. The fraction of sp³-hybridized carbons (Fsp3) is 0.900. The molecule has 0 aromatic heterocycles. The number of nitrogens with one attached hydrogen (secondary N) is 2. The van der Waals surface area contributed by atoms with E-state index in [-0.39, 0.29) is 43.6 Å². The Hall–Kier alpha value is -0.715. The molecule has 2 atom stereocenters. The number of nitrogens with zero attached hydrogens (tertiary/aromatic N) is 1. The molecule has 1 fully saturated rings. The van der Waals surface area contributed by atoms with Gasteiger partial charge < -0.3 is 21.5 Å². The van der Waals surface area contributed by atoms with E-state index in [1.807, 2.05) is 0 Å². The highest BCUT2D eigenvalue weighted by molar-refractivity contribution is 7.87. The Bertz CT molecular complexity index is 447. The van der Waals surface area contributed by atoms with Crippen molar-refractivity contribution in [3.05, 3.63) is 0 Å². The molecule has 1 rings (SSSR count). The minimum absolute atomic E-state index is 0.00753. The second-order valence-corrected chi connectivity index (χ2v) is 7.08. The standard InChI is InChI=1S/C10H24BN5O4S/c12-9-7-16(6-8(9)2-1-4-11(17)18)21(19,20)15-5-3-10(13)14/h8-9,15,17-18H,1-7,12H2,(H3,13,14)/t8-,9-/m0/s1. The molecule has 122 valence electrons. The second-order valence-electron chi connectivity index (χ2n) is 5.33. The average Bonchev–Trinajstić information content (AvgIpc) is 2.70. The zero-order valence-corrected chi connectivity index (χ0v) is 12.7. The lowest BCUT2D eigenvalue weighted by Crippen LogP contribution is -2.41. The van der Waals surface area contributed by atoms with Gasteiger partial charge in [-0.1, -0.05) is 6.42 Å². The molecule has 8 N–H and O–H groups in total. The molecule has 21 heavy (non-hydrogen) atoms. The van der Waals surface area contributed by atoms with Gasteiger partial charge in [0.05, 0.1) is 5.84 Å². The molecule has 0 aliphatic carbocycles. The Morgan fingerprint density at radius 2 is 2.10 bits per heavy atom. The largest absolute Gasteiger partial charge is 0.451 e. The Labute approximate surface area is 125 Å². The highest BCUT2D eigenvalue weighted by atomic mass is 32.2. The Morgan fingerprint density at radius 3 is 2.67 bits per heavy atom. The molecule has 0 radical (unpaired) electrons. The number of hydrogen-bond acceptors (Lipinski definition) is 6. The van der Waals surface area contributed by atoms with Crippen molar-refractivity contribution in [2.24, 2.45) is 17.4 Å². The highest BCUT2D eigenvalue weighted by Crippen LogP contribution is 2.23. The van der Waals surface area contributed by atoms with Crippen molar-refractivity contribution in [3.8, 4) is 0 Å². The van der Waals surface area contributed by atoms with Crippen LogP contribution in [-0.2, 0) is 10.2 Å². The topological polar surface area (TPSA) is 166 Å². The molecule has 1 aliphatic rings. The maximum absolute atomic E-state index is 12.1. The SMILES string of the molecule is N=C(N)CCNS(=O)(=O)N1C[C@H](CCCB(O)O)[C@@H](N)C1. The summed E-state index contributed by atoms with van der Waals surface area (Å²) in [5.41, 5.74) is 11.1. The van der Waals surface area contributed by atoms with Gasteiger partial charge in [-0.3, -0.25) is 5.41 Å². The van der Waals surface area contributed by atoms with Gasteiger partial charge in [0.25, 0.3) is 10.2 Å². The number of nitrogens with two attached hydrogens (primary N) is 2. The zero-order chi connectivity index (χ0) is 16.0. The van der Waals surface area contributed by atoms with E-state index in [0.717, 1.165) is 0 Å². The van der Waals surface area contributed by atoms with Crippen molar-refractivity contribution in [1.82, 2.24) is 9.03 Å². The summed E-state index contributed by atoms with van der Waals surface area (Å²) in [5.74, 6) is -0.0654. The van der Waals surface area contributed by atoms with Crippen LogP contribution in [0.4, 0.5) is 0 Å². The summed E-state index contributed by atoms with van der Waals surface area (Å²) in [4.78, 5) is 0. The van der Waals surface area contributed by atoms with Crippen molar-refractivity contribution in [2.45, 2.75) is 31.6 Å². The Balaban J connectivity index is 2.44. The van der Waals surface area contributed by atoms with E-state index in [0.29, 0.717) is 19.4 Å².